The molecule has 0 bridgehead atoms. The van der Waals surface area contributed by atoms with Crippen LogP contribution in [0.2, 0.25) is 5.02 Å². The van der Waals surface area contributed by atoms with Crippen LogP contribution in [0.25, 0.3) is 0 Å². The van der Waals surface area contributed by atoms with Crippen LogP contribution in [0.1, 0.15) is 6.92 Å². The molecule has 0 spiro atoms. The number of halogens is 1. The Morgan fingerprint density at radius 2 is 1.58 bits per heavy atom. The van der Waals surface area contributed by atoms with Gasteiger partial charge in [-0.25, -0.2) is 8.42 Å². The number of hydrogen-bond donors (Lipinski definition) is 1. The minimum absolute atomic E-state index is 0.0867. The van der Waals surface area contributed by atoms with Gasteiger partial charge in [-0.15, -0.1) is 0 Å². The first-order valence-corrected chi connectivity index (χ1v) is 12.0. The zero-order valence-electron chi connectivity index (χ0n) is 18.3. The molecule has 1 unspecified atom stereocenters. The number of amides is 1. The van der Waals surface area contributed by atoms with Crippen molar-refractivity contribution >= 4 is 33.2 Å². The highest BCUT2D eigenvalue weighted by molar-refractivity contribution is 7.92. The normalized spacial score (nSPS) is 12.0. The van der Waals surface area contributed by atoms with Crippen molar-refractivity contribution in [3.63, 3.8) is 0 Å². The maximum Gasteiger partial charge on any atom is 0.264 e. The highest BCUT2D eigenvalue weighted by atomic mass is 35.5. The fourth-order valence-electron chi connectivity index (χ4n) is 3.03. The molecule has 1 amide bonds. The summed E-state index contributed by atoms with van der Waals surface area (Å²) in [5.41, 5.74) is 0.334. The molecule has 0 saturated carbocycles. The van der Waals surface area contributed by atoms with Gasteiger partial charge in [0.2, 0.25) is 5.91 Å². The maximum atomic E-state index is 13.3. The number of hydrogen-bond acceptors (Lipinski definition) is 5. The molecule has 3 aromatic rings. The SMILES string of the molecule is COc1ccc(OCC(C)NC(=O)CN(c2ccc(Cl)cc2)S(=O)(=O)c2ccccc2)cc1. The van der Waals surface area contributed by atoms with Crippen LogP contribution >= 0.6 is 11.6 Å². The predicted octanol–water partition coefficient (Wildman–Crippen LogP) is 4.13. The summed E-state index contributed by atoms with van der Waals surface area (Å²) < 4.78 is 38.4. The Bertz CT molecular complexity index is 1150. The molecule has 0 saturated heterocycles. The molecule has 0 aliphatic rings. The van der Waals surface area contributed by atoms with E-state index in [1.165, 1.54) is 12.1 Å². The highest BCUT2D eigenvalue weighted by Gasteiger charge is 2.27. The molecule has 0 aromatic heterocycles. The maximum absolute atomic E-state index is 13.3. The van der Waals surface area contributed by atoms with E-state index in [9.17, 15) is 13.2 Å². The van der Waals surface area contributed by atoms with Gasteiger partial charge in [-0.2, -0.15) is 0 Å². The van der Waals surface area contributed by atoms with E-state index in [2.05, 4.69) is 5.32 Å². The van der Waals surface area contributed by atoms with Gasteiger partial charge >= 0.3 is 0 Å². The third-order valence-electron chi connectivity index (χ3n) is 4.70. The van der Waals surface area contributed by atoms with E-state index in [4.69, 9.17) is 21.1 Å². The third kappa shape index (κ3) is 6.63. The Morgan fingerprint density at radius 3 is 2.18 bits per heavy atom. The van der Waals surface area contributed by atoms with E-state index < -0.39 is 22.5 Å². The molecule has 174 valence electrons. The zero-order valence-corrected chi connectivity index (χ0v) is 19.8. The summed E-state index contributed by atoms with van der Waals surface area (Å²) in [6.45, 7) is 1.59. The first-order valence-electron chi connectivity index (χ1n) is 10.2. The van der Waals surface area contributed by atoms with Crippen LogP contribution in [-0.4, -0.2) is 40.6 Å². The Kier molecular flexibility index (Phi) is 8.19. The number of rotatable bonds is 10. The average molecular weight is 489 g/mol. The van der Waals surface area contributed by atoms with E-state index in [1.807, 2.05) is 0 Å². The Morgan fingerprint density at radius 1 is 0.970 bits per heavy atom. The van der Waals surface area contributed by atoms with Crippen LogP contribution in [-0.2, 0) is 14.8 Å². The van der Waals surface area contributed by atoms with Gasteiger partial charge in [0, 0.05) is 5.02 Å². The van der Waals surface area contributed by atoms with E-state index in [-0.39, 0.29) is 17.5 Å². The summed E-state index contributed by atoms with van der Waals surface area (Å²) in [4.78, 5) is 12.8. The topological polar surface area (TPSA) is 84.9 Å². The van der Waals surface area contributed by atoms with Crippen molar-refractivity contribution in [2.75, 3.05) is 24.6 Å². The first-order chi connectivity index (χ1) is 15.8. The van der Waals surface area contributed by atoms with Crippen LogP contribution in [0.4, 0.5) is 5.69 Å². The summed E-state index contributed by atoms with van der Waals surface area (Å²) in [6, 6.07) is 21.0. The molecule has 3 aromatic carbocycles. The Labute approximate surface area is 198 Å². The minimum atomic E-state index is -3.97. The lowest BCUT2D eigenvalue weighted by molar-refractivity contribution is -0.120. The molecular weight excluding hydrogens is 464 g/mol. The van der Waals surface area contributed by atoms with E-state index in [0.717, 1.165) is 4.31 Å². The van der Waals surface area contributed by atoms with Gasteiger partial charge in [0.25, 0.3) is 10.0 Å². The molecule has 33 heavy (non-hydrogen) atoms. The summed E-state index contributed by atoms with van der Waals surface area (Å²) in [5, 5.41) is 3.25. The van der Waals surface area contributed by atoms with E-state index in [0.29, 0.717) is 22.2 Å². The van der Waals surface area contributed by atoms with Crippen molar-refractivity contribution in [2.24, 2.45) is 0 Å². The highest BCUT2D eigenvalue weighted by Crippen LogP contribution is 2.25. The number of carbonyl (C=O) groups excluding carboxylic acids is 1. The molecule has 0 radical (unpaired) electrons. The van der Waals surface area contributed by atoms with Gasteiger partial charge in [0.1, 0.15) is 24.7 Å². The van der Waals surface area contributed by atoms with Crippen LogP contribution < -0.4 is 19.1 Å². The first kappa shape index (κ1) is 24.4. The number of benzene rings is 3. The predicted molar refractivity (Wildman–Crippen MR) is 129 cm³/mol. The summed E-state index contributed by atoms with van der Waals surface area (Å²) in [5.74, 6) is 0.882. The number of nitrogens with one attached hydrogen (secondary N) is 1. The number of methoxy groups -OCH3 is 1. The smallest absolute Gasteiger partial charge is 0.264 e. The monoisotopic (exact) mass is 488 g/mol. The molecule has 1 atom stereocenters. The fourth-order valence-corrected chi connectivity index (χ4v) is 4.60. The van der Waals surface area contributed by atoms with E-state index >= 15 is 0 Å². The molecular formula is C24H25ClN2O5S. The van der Waals surface area contributed by atoms with Crippen LogP contribution in [0.3, 0.4) is 0 Å². The average Bonchev–Trinajstić information content (AvgIpc) is 2.82. The van der Waals surface area contributed by atoms with Crippen molar-refractivity contribution in [1.29, 1.82) is 0 Å². The minimum Gasteiger partial charge on any atom is -0.497 e. The second-order valence-electron chi connectivity index (χ2n) is 7.26. The molecule has 7 nitrogen and oxygen atoms in total. The second kappa shape index (κ2) is 11.1. The summed E-state index contributed by atoms with van der Waals surface area (Å²) in [6.07, 6.45) is 0. The number of sulfonamides is 1. The van der Waals surface area contributed by atoms with Gasteiger partial charge < -0.3 is 14.8 Å². The van der Waals surface area contributed by atoms with Gasteiger partial charge in [0.05, 0.1) is 23.7 Å². The van der Waals surface area contributed by atoms with Gasteiger partial charge in [-0.1, -0.05) is 29.8 Å². The van der Waals surface area contributed by atoms with Gasteiger partial charge in [0.15, 0.2) is 0 Å². The third-order valence-corrected chi connectivity index (χ3v) is 6.74. The van der Waals surface area contributed by atoms with E-state index in [1.54, 1.807) is 80.8 Å². The summed E-state index contributed by atoms with van der Waals surface area (Å²) >= 11 is 5.96. The number of anilines is 1. The lowest BCUT2D eigenvalue weighted by atomic mass is 10.3. The molecule has 0 heterocycles. The van der Waals surface area contributed by atoms with Gasteiger partial charge in [-0.05, 0) is 67.6 Å². The quantitative estimate of drug-likeness (QED) is 0.464. The Hall–Kier alpha value is -3.23. The molecule has 0 aliphatic heterocycles. The lowest BCUT2D eigenvalue weighted by Gasteiger charge is -2.25. The van der Waals surface area contributed by atoms with Crippen LogP contribution in [0.5, 0.6) is 11.5 Å². The van der Waals surface area contributed by atoms with Crippen molar-refractivity contribution in [1.82, 2.24) is 5.32 Å². The van der Waals surface area contributed by atoms with Crippen molar-refractivity contribution in [3.05, 3.63) is 83.9 Å². The lowest BCUT2D eigenvalue weighted by Crippen LogP contribution is -2.45. The molecule has 1 N–H and O–H groups in total. The molecule has 3 rings (SSSR count). The molecule has 0 fully saturated rings. The van der Waals surface area contributed by atoms with Crippen LogP contribution in [0.15, 0.2) is 83.8 Å². The zero-order chi connectivity index (χ0) is 23.8. The largest absolute Gasteiger partial charge is 0.497 e. The van der Waals surface area contributed by atoms with Crippen molar-refractivity contribution < 1.29 is 22.7 Å². The summed E-state index contributed by atoms with van der Waals surface area (Å²) in [7, 11) is -2.39. The van der Waals surface area contributed by atoms with Gasteiger partial charge in [-0.3, -0.25) is 9.10 Å². The molecule has 0 aliphatic carbocycles. The fraction of sp³-hybridized carbons (Fsp3) is 0.208. The second-order valence-corrected chi connectivity index (χ2v) is 9.55. The number of nitrogens with zero attached hydrogens (tertiary/aromatic N) is 1. The molecule has 9 heteroatoms. The van der Waals surface area contributed by atoms with Crippen LogP contribution in [0, 0.1) is 0 Å². The number of carbonyl (C=O) groups is 1. The van der Waals surface area contributed by atoms with Crippen molar-refractivity contribution in [3.8, 4) is 11.5 Å². The Balaban J connectivity index is 1.69. The van der Waals surface area contributed by atoms with Crippen molar-refractivity contribution in [2.45, 2.75) is 17.9 Å². The standard InChI is InChI=1S/C24H25ClN2O5S/c1-18(17-32-22-14-12-21(31-2)13-15-22)26-24(28)16-27(20-10-8-19(25)9-11-20)33(29,30)23-6-4-3-5-7-23/h3-15,18H,16-17H2,1-2H3,(H,26,28). The number of ether oxygens (including phenoxy) is 2.